The minimum atomic E-state index is -0.309. The lowest BCUT2D eigenvalue weighted by Crippen LogP contribution is -2.29. The fourth-order valence-electron chi connectivity index (χ4n) is 1.55. The Morgan fingerprint density at radius 1 is 1.50 bits per heavy atom. The number of rotatable bonds is 7. The van der Waals surface area contributed by atoms with Gasteiger partial charge >= 0.3 is 0 Å². The van der Waals surface area contributed by atoms with Crippen molar-refractivity contribution in [3.63, 3.8) is 0 Å². The highest BCUT2D eigenvalue weighted by Crippen LogP contribution is 2.18. The van der Waals surface area contributed by atoms with Crippen molar-refractivity contribution < 1.29 is 9.13 Å². The van der Waals surface area contributed by atoms with Gasteiger partial charge in [0.1, 0.15) is 11.6 Å². The van der Waals surface area contributed by atoms with Gasteiger partial charge in [-0.15, -0.1) is 0 Å². The third-order valence-corrected chi connectivity index (χ3v) is 2.61. The van der Waals surface area contributed by atoms with Crippen LogP contribution in [0.4, 0.5) is 4.39 Å². The van der Waals surface area contributed by atoms with E-state index in [1.807, 2.05) is 13.8 Å². The third-order valence-electron chi connectivity index (χ3n) is 2.61. The Balaban J connectivity index is 2.41. The number of nitrogens with one attached hydrogen (secondary N) is 1. The predicted octanol–water partition coefficient (Wildman–Crippen LogP) is 2.79. The SMILES string of the molecule is CCCNC(C#N)CCOc1cc(F)ccc1C. The van der Waals surface area contributed by atoms with Crippen LogP contribution in [0.5, 0.6) is 5.75 Å². The lowest BCUT2D eigenvalue weighted by Gasteiger charge is -2.12. The highest BCUT2D eigenvalue weighted by Gasteiger charge is 2.07. The Bertz CT molecular complexity index is 415. The standard InChI is InChI=1S/C14H19FN2O/c1-3-7-17-13(10-16)6-8-18-14-9-12(15)5-4-11(14)2/h4-5,9,13,17H,3,6-8H2,1-2H3. The molecule has 0 saturated carbocycles. The Labute approximate surface area is 108 Å². The molecule has 0 saturated heterocycles. The molecule has 0 fully saturated rings. The summed E-state index contributed by atoms with van der Waals surface area (Å²) in [4.78, 5) is 0. The van der Waals surface area contributed by atoms with E-state index in [-0.39, 0.29) is 11.9 Å². The van der Waals surface area contributed by atoms with Gasteiger partial charge in [-0.3, -0.25) is 0 Å². The quantitative estimate of drug-likeness (QED) is 0.809. The van der Waals surface area contributed by atoms with Crippen LogP contribution in [0.3, 0.4) is 0 Å². The van der Waals surface area contributed by atoms with Crippen LogP contribution in [-0.2, 0) is 0 Å². The van der Waals surface area contributed by atoms with Crippen molar-refractivity contribution in [1.82, 2.24) is 5.32 Å². The van der Waals surface area contributed by atoms with Gasteiger partial charge in [0, 0.05) is 12.5 Å². The highest BCUT2D eigenvalue weighted by molar-refractivity contribution is 5.32. The highest BCUT2D eigenvalue weighted by atomic mass is 19.1. The molecule has 0 aliphatic heterocycles. The number of hydrogen-bond acceptors (Lipinski definition) is 3. The molecular weight excluding hydrogens is 231 g/mol. The first-order valence-electron chi connectivity index (χ1n) is 6.19. The summed E-state index contributed by atoms with van der Waals surface area (Å²) in [7, 11) is 0. The lowest BCUT2D eigenvalue weighted by atomic mass is 10.2. The molecule has 0 aromatic heterocycles. The topological polar surface area (TPSA) is 45.0 Å². The zero-order chi connectivity index (χ0) is 13.4. The number of nitriles is 1. The van der Waals surface area contributed by atoms with Crippen molar-refractivity contribution in [1.29, 1.82) is 5.26 Å². The predicted molar refractivity (Wildman–Crippen MR) is 68.9 cm³/mol. The third kappa shape index (κ3) is 4.72. The van der Waals surface area contributed by atoms with Crippen molar-refractivity contribution in [3.05, 3.63) is 29.6 Å². The van der Waals surface area contributed by atoms with Gasteiger partial charge in [0.15, 0.2) is 0 Å². The molecule has 1 aromatic rings. The van der Waals surface area contributed by atoms with Gasteiger partial charge in [0.25, 0.3) is 0 Å². The van der Waals surface area contributed by atoms with E-state index in [1.165, 1.54) is 12.1 Å². The van der Waals surface area contributed by atoms with Crippen molar-refractivity contribution in [2.24, 2.45) is 0 Å². The molecule has 1 aromatic carbocycles. The number of halogens is 1. The van der Waals surface area contributed by atoms with Crippen molar-refractivity contribution in [3.8, 4) is 11.8 Å². The summed E-state index contributed by atoms with van der Waals surface area (Å²) in [6, 6.07) is 6.43. The zero-order valence-corrected chi connectivity index (χ0v) is 10.9. The molecule has 98 valence electrons. The molecule has 1 unspecified atom stereocenters. The van der Waals surface area contributed by atoms with E-state index in [2.05, 4.69) is 11.4 Å². The first-order valence-corrected chi connectivity index (χ1v) is 6.19. The van der Waals surface area contributed by atoms with Gasteiger partial charge in [0.2, 0.25) is 0 Å². The average molecular weight is 250 g/mol. The number of ether oxygens (including phenoxy) is 1. The van der Waals surface area contributed by atoms with E-state index >= 15 is 0 Å². The smallest absolute Gasteiger partial charge is 0.126 e. The summed E-state index contributed by atoms with van der Waals surface area (Å²) in [6.45, 7) is 5.14. The fourth-order valence-corrected chi connectivity index (χ4v) is 1.55. The summed E-state index contributed by atoms with van der Waals surface area (Å²) in [6.07, 6.45) is 1.58. The summed E-state index contributed by atoms with van der Waals surface area (Å²) < 4.78 is 18.5. The molecule has 0 amide bonds. The first-order chi connectivity index (χ1) is 8.67. The van der Waals surface area contributed by atoms with Crippen LogP contribution >= 0.6 is 0 Å². The maximum atomic E-state index is 13.0. The van der Waals surface area contributed by atoms with Crippen LogP contribution in [0.2, 0.25) is 0 Å². The van der Waals surface area contributed by atoms with Gasteiger partial charge < -0.3 is 10.1 Å². The van der Waals surface area contributed by atoms with E-state index in [1.54, 1.807) is 6.07 Å². The monoisotopic (exact) mass is 250 g/mol. The summed E-state index contributed by atoms with van der Waals surface area (Å²) in [5.74, 6) is 0.235. The summed E-state index contributed by atoms with van der Waals surface area (Å²) >= 11 is 0. The van der Waals surface area contributed by atoms with Crippen molar-refractivity contribution in [2.45, 2.75) is 32.7 Å². The molecule has 1 rings (SSSR count). The zero-order valence-electron chi connectivity index (χ0n) is 10.9. The molecule has 0 aliphatic rings. The number of nitrogens with zero attached hydrogens (tertiary/aromatic N) is 1. The Morgan fingerprint density at radius 2 is 2.28 bits per heavy atom. The van der Waals surface area contributed by atoms with Crippen molar-refractivity contribution >= 4 is 0 Å². The van der Waals surface area contributed by atoms with Gasteiger partial charge in [-0.2, -0.15) is 5.26 Å². The number of hydrogen-bond donors (Lipinski definition) is 1. The second-order valence-electron chi connectivity index (χ2n) is 4.18. The Hall–Kier alpha value is -1.60. The molecule has 1 N–H and O–H groups in total. The second-order valence-corrected chi connectivity index (χ2v) is 4.18. The normalized spacial score (nSPS) is 11.9. The van der Waals surface area contributed by atoms with Crippen LogP contribution in [0.15, 0.2) is 18.2 Å². The van der Waals surface area contributed by atoms with Gasteiger partial charge in [-0.05, 0) is 31.5 Å². The second kappa shape index (κ2) is 7.67. The molecule has 1 atom stereocenters. The van der Waals surface area contributed by atoms with Gasteiger partial charge in [-0.25, -0.2) is 4.39 Å². The molecule has 0 radical (unpaired) electrons. The maximum Gasteiger partial charge on any atom is 0.126 e. The van der Waals surface area contributed by atoms with Crippen LogP contribution < -0.4 is 10.1 Å². The Kier molecular flexibility index (Phi) is 6.16. The molecule has 18 heavy (non-hydrogen) atoms. The molecule has 3 nitrogen and oxygen atoms in total. The average Bonchev–Trinajstić information content (AvgIpc) is 2.37. The molecule has 0 bridgehead atoms. The minimum absolute atomic E-state index is 0.209. The minimum Gasteiger partial charge on any atom is -0.493 e. The molecular formula is C14H19FN2O. The van der Waals surface area contributed by atoms with Gasteiger partial charge in [0.05, 0.1) is 18.7 Å². The van der Waals surface area contributed by atoms with E-state index in [0.717, 1.165) is 18.5 Å². The molecule has 0 heterocycles. The van der Waals surface area contributed by atoms with Crippen molar-refractivity contribution in [2.75, 3.05) is 13.2 Å². The largest absolute Gasteiger partial charge is 0.493 e. The first kappa shape index (κ1) is 14.5. The lowest BCUT2D eigenvalue weighted by molar-refractivity contribution is 0.294. The fraction of sp³-hybridized carbons (Fsp3) is 0.500. The maximum absolute atomic E-state index is 13.0. The summed E-state index contributed by atoms with van der Waals surface area (Å²) in [5.41, 5.74) is 0.895. The van der Waals surface area contributed by atoms with Crippen LogP contribution in [-0.4, -0.2) is 19.2 Å². The molecule has 4 heteroatoms. The van der Waals surface area contributed by atoms with Gasteiger partial charge in [-0.1, -0.05) is 13.0 Å². The van der Waals surface area contributed by atoms with Crippen LogP contribution in [0, 0.1) is 24.1 Å². The number of aryl methyl sites for hydroxylation is 1. The summed E-state index contributed by atoms with van der Waals surface area (Å²) in [5, 5.41) is 12.0. The van der Waals surface area contributed by atoms with E-state index in [9.17, 15) is 4.39 Å². The van der Waals surface area contributed by atoms with Crippen LogP contribution in [0.25, 0.3) is 0 Å². The number of benzene rings is 1. The molecule has 0 aliphatic carbocycles. The van der Waals surface area contributed by atoms with E-state index in [0.29, 0.717) is 18.8 Å². The van der Waals surface area contributed by atoms with E-state index in [4.69, 9.17) is 10.00 Å². The van der Waals surface area contributed by atoms with E-state index < -0.39 is 0 Å². The van der Waals surface area contributed by atoms with Crippen LogP contribution in [0.1, 0.15) is 25.3 Å². The molecule has 0 spiro atoms. The Morgan fingerprint density at radius 3 is 2.94 bits per heavy atom.